The zero-order chi connectivity index (χ0) is 93.5. The molecule has 10 fully saturated rings. The number of carbonyl (C=O) groups is 6. The first kappa shape index (κ1) is 104. The Hall–Kier alpha value is -7.94. The second kappa shape index (κ2) is 44.3. The fourth-order valence-electron chi connectivity index (χ4n) is 24.1. The van der Waals surface area contributed by atoms with Crippen LogP contribution in [0.15, 0.2) is 54.6 Å². The number of methoxy groups -OCH3 is 3. The third-order valence-corrected chi connectivity index (χ3v) is 32.0. The van der Waals surface area contributed by atoms with E-state index in [-0.39, 0.29) is 166 Å². The molecule has 6 aromatic rings. The third kappa shape index (κ3) is 22.9. The minimum absolute atomic E-state index is 0. The summed E-state index contributed by atoms with van der Waals surface area (Å²) in [5.41, 5.74) is 5.14. The van der Waals surface area contributed by atoms with Gasteiger partial charge < -0.3 is 71.7 Å². The number of amides is 3. The summed E-state index contributed by atoms with van der Waals surface area (Å²) in [5.74, 6) is 3.90. The Labute approximate surface area is 831 Å². The summed E-state index contributed by atoms with van der Waals surface area (Å²) in [4.78, 5) is 155. The Morgan fingerprint density at radius 1 is 0.348 bits per heavy atom. The molecule has 0 unspecified atom stereocenters. The number of rotatable bonds is 9. The Bertz CT molecular complexity index is 4880. The summed E-state index contributed by atoms with van der Waals surface area (Å²) in [5, 5.41) is 0. The van der Waals surface area contributed by atoms with Crippen molar-refractivity contribution in [1.29, 1.82) is 0 Å². The molecular formula is C105H138N9O18V3-3. The van der Waals surface area contributed by atoms with Crippen molar-refractivity contribution in [2.45, 2.75) is 311 Å². The van der Waals surface area contributed by atoms with Gasteiger partial charge in [-0.15, -0.1) is 0 Å². The first-order valence-corrected chi connectivity index (χ1v) is 49.5. The minimum Gasteiger partial charge on any atom is -0.540 e. The molecule has 3 aromatic heterocycles. The molecular weight excluding hydrogens is 1830 g/mol. The Morgan fingerprint density at radius 2 is 0.652 bits per heavy atom. The molecule has 19 rings (SSSR count). The van der Waals surface area contributed by atoms with E-state index in [1.54, 1.807) is 36.0 Å². The van der Waals surface area contributed by atoms with E-state index in [4.69, 9.17) is 72.5 Å². The summed E-state index contributed by atoms with van der Waals surface area (Å²) in [6, 6.07) is 14.6. The van der Waals surface area contributed by atoms with Crippen LogP contribution in [-0.2, 0) is 132 Å². The van der Waals surface area contributed by atoms with Gasteiger partial charge in [-0.1, -0.05) is 159 Å². The van der Waals surface area contributed by atoms with Gasteiger partial charge in [0.2, 0.25) is 35.4 Å². The minimum atomic E-state index is -0.774. The number of esters is 3. The quantitative estimate of drug-likeness (QED) is 0.0737. The van der Waals surface area contributed by atoms with Crippen LogP contribution in [0.5, 0.6) is 34.9 Å². The van der Waals surface area contributed by atoms with Crippen molar-refractivity contribution in [1.82, 2.24) is 44.6 Å². The van der Waals surface area contributed by atoms with Gasteiger partial charge in [0.25, 0.3) is 0 Å². The molecule has 3 radical (unpaired) electrons. The third-order valence-electron chi connectivity index (χ3n) is 32.0. The number of aryl methyl sites for hydroxylation is 3. The summed E-state index contributed by atoms with van der Waals surface area (Å²) < 4.78 is 54.6. The summed E-state index contributed by atoms with van der Waals surface area (Å²) in [6.45, 7) is 24.3. The molecule has 3 amide bonds. The first-order chi connectivity index (χ1) is 63.3. The first-order valence-electron chi connectivity index (χ1n) is 49.5. The number of ether oxygens (including phenoxy) is 9. The van der Waals surface area contributed by atoms with Crippen molar-refractivity contribution >= 4 is 87.6 Å². The van der Waals surface area contributed by atoms with Crippen molar-refractivity contribution < 1.29 is 141 Å². The van der Waals surface area contributed by atoms with Crippen LogP contribution in [0.25, 0.3) is 33.1 Å². The van der Waals surface area contributed by atoms with E-state index in [0.717, 1.165) is 136 Å². The molecule has 729 valence electrons. The van der Waals surface area contributed by atoms with Gasteiger partial charge >= 0.3 is 17.9 Å². The maximum Gasteiger partial charge on any atom is 0.306 e. The van der Waals surface area contributed by atoms with Gasteiger partial charge in [0.05, 0.1) is 111 Å². The number of benzene rings is 3. The Morgan fingerprint density at radius 3 is 0.948 bits per heavy atom. The average molecular weight is 1970 g/mol. The molecule has 7 aliphatic carbocycles. The van der Waals surface area contributed by atoms with Crippen LogP contribution >= 0.6 is 0 Å². The van der Waals surface area contributed by atoms with Crippen molar-refractivity contribution in [3.8, 4) is 34.9 Å². The van der Waals surface area contributed by atoms with Gasteiger partial charge in [0.15, 0.2) is 0 Å². The van der Waals surface area contributed by atoms with E-state index in [9.17, 15) is 43.2 Å². The number of hydrogen-bond acceptors (Lipinski definition) is 24. The van der Waals surface area contributed by atoms with Crippen molar-refractivity contribution in [3.63, 3.8) is 0 Å². The molecule has 27 nitrogen and oxygen atoms in total. The predicted molar refractivity (Wildman–Crippen MR) is 494 cm³/mol. The molecule has 3 saturated heterocycles. The molecule has 7 saturated carbocycles. The van der Waals surface area contributed by atoms with Gasteiger partial charge in [-0.3, -0.25) is 28.8 Å². The zero-order valence-corrected chi connectivity index (χ0v) is 85.7. The molecule has 6 aliphatic heterocycles. The van der Waals surface area contributed by atoms with Gasteiger partial charge in [-0.25, -0.2) is 48.8 Å². The van der Waals surface area contributed by atoms with Crippen molar-refractivity contribution in [2.24, 2.45) is 105 Å². The number of fused-ring (bicyclic) bond motifs is 18. The standard InChI is InChI=1S/3C35H46N3O6.3V/c1-6-23-29(19-39)38-18-30(23)43-33-27(36-26-13-12-22(42-5)16-28(26)37-33)11-9-7-8-10-24-20-14-21(15-20)32(24)44-31(40)17-25(34(38)41)35(2,3)4;2*1-6-22-29(19-39)38-18-31(22)44-33-27(36-26-13-12-21(42-5)16-28(26)37-33)11-9-7-8-10-23-24-14-20(24)15-30(23)43-32(40)17-25(34(38)41)35(2,3)4;;;/h12-13,16,20-21,23-25,29-30,32H,6-11,14-15,17-18H2,1-5H3;2*12-13,16,20,22-25,29-31H,6-11,14-15,17-18H2,1-5H3;;;/q3*-1;;;/t20?,21?,23-,24+,25+,29+,30-,32+;20-,22+,23-,24-,25-,29-,30-,31+;20-,22-,23+,24-,25+,29+,30+,31-;;;/m010.../s1. The van der Waals surface area contributed by atoms with Crippen LogP contribution in [-0.4, -0.2) is 195 Å². The number of carbonyl (C=O) groups excluding carboxylic acids is 9. The molecule has 9 heterocycles. The fourth-order valence-corrected chi connectivity index (χ4v) is 24.1. The normalized spacial score (nSPS) is 32.2. The SMILES string of the molecule is CC[C@@H]1[C@@H]2CN(C(=O)[C@H](C(C)(C)C)CC(=O)O[C@@H]3C4CC(C4)[C@H]3CCCCCc3nc4ccc(OC)cc4nc3O2)[C@@H]1[C-]=O.CC[C@@H]1[C@@H]2CN(C(=O)[C@H](C(C)(C)C)CC(=O)O[C@@H]3C[C@@H]4C[C@@H]4[C@H]3CCCCCc3nc4ccc(OC)cc4nc3O2)[C@@H]1[C-]=O.CC[C@@H]1[C@@H]2CN(C(=O)[C@H](C(C)(C)C)CC(=O)O[C@@H]3C[C@H]4C[C@H]4[C@H]3CCCCCc3nc4ccc(OC)cc4nc3O2)[C@@H]1[C-]=O.[V].[V].[V]. The van der Waals surface area contributed by atoms with Crippen LogP contribution in [0.3, 0.4) is 0 Å². The molecule has 0 N–H and O–H groups in total. The summed E-state index contributed by atoms with van der Waals surface area (Å²) >= 11 is 0. The van der Waals surface area contributed by atoms with Crippen LogP contribution in [0.2, 0.25) is 0 Å². The summed E-state index contributed by atoms with van der Waals surface area (Å²) in [7, 11) is 4.85. The fraction of sp³-hybridized carbons (Fsp3) is 0.686. The topological polar surface area (TPSA) is 324 Å². The molecule has 22 atom stereocenters. The van der Waals surface area contributed by atoms with E-state index in [0.29, 0.717) is 143 Å². The van der Waals surface area contributed by atoms with Gasteiger partial charge in [-0.05, 0) is 220 Å². The van der Waals surface area contributed by atoms with E-state index < -0.39 is 70.4 Å². The van der Waals surface area contributed by atoms with Gasteiger partial charge in [0.1, 0.15) is 71.0 Å². The van der Waals surface area contributed by atoms with E-state index >= 15 is 0 Å². The van der Waals surface area contributed by atoms with Crippen LogP contribution in [0.1, 0.15) is 254 Å². The smallest absolute Gasteiger partial charge is 0.306 e. The monoisotopic (exact) mass is 1970 g/mol. The summed E-state index contributed by atoms with van der Waals surface area (Å²) in [6.07, 6.45) is 27.6. The Kier molecular flexibility index (Phi) is 34.2. The molecule has 0 spiro atoms. The van der Waals surface area contributed by atoms with Crippen LogP contribution in [0.4, 0.5) is 0 Å². The second-order valence-corrected chi connectivity index (χ2v) is 43.3. The van der Waals surface area contributed by atoms with Gasteiger partial charge in [0, 0.05) is 73.9 Å². The Balaban J connectivity index is 0.000000170. The van der Waals surface area contributed by atoms with E-state index in [1.807, 2.05) is 138 Å². The molecule has 3 aromatic carbocycles. The average Bonchev–Trinajstić information content (AvgIpc) is 1.60. The maximum absolute atomic E-state index is 14.3. The number of nitrogens with zero attached hydrogens (tertiary/aromatic N) is 9. The van der Waals surface area contributed by atoms with Crippen LogP contribution in [0, 0.1) is 105 Å². The molecule has 135 heavy (non-hydrogen) atoms. The molecule has 13 aliphatic rings. The van der Waals surface area contributed by atoms with Crippen molar-refractivity contribution in [2.75, 3.05) is 41.0 Å². The number of aromatic nitrogens is 6. The number of hydrogen-bond donors (Lipinski definition) is 0. The van der Waals surface area contributed by atoms with E-state index in [2.05, 4.69) is 18.9 Å². The van der Waals surface area contributed by atoms with E-state index in [1.165, 1.54) is 12.8 Å². The van der Waals surface area contributed by atoms with Crippen LogP contribution < -0.4 is 28.4 Å². The predicted octanol–water partition coefficient (Wildman–Crippen LogP) is 16.4. The van der Waals surface area contributed by atoms with Gasteiger partial charge in [-0.2, -0.15) is 0 Å². The maximum atomic E-state index is 14.3. The zero-order valence-electron chi connectivity index (χ0n) is 81.5. The second-order valence-electron chi connectivity index (χ2n) is 43.3. The molecule has 30 heteroatoms. The van der Waals surface area contributed by atoms with Crippen molar-refractivity contribution in [3.05, 3.63) is 71.7 Å². The molecule has 8 bridgehead atoms. The largest absolute Gasteiger partial charge is 0.540 e.